The molecule has 0 saturated carbocycles. The van der Waals surface area contributed by atoms with E-state index in [1.807, 2.05) is 23.1 Å². The minimum absolute atomic E-state index is 0.0374. The molecule has 2 aliphatic heterocycles. The first-order chi connectivity index (χ1) is 14.6. The fourth-order valence-corrected chi connectivity index (χ4v) is 4.19. The maximum Gasteiger partial charge on any atom is 0.237 e. The first-order valence-corrected chi connectivity index (χ1v) is 10.7. The van der Waals surface area contributed by atoms with Crippen LogP contribution in [0.2, 0.25) is 0 Å². The molecular weight excluding hydrogens is 376 g/mol. The Labute approximate surface area is 178 Å². The number of hydrogen-bond acceptors (Lipinski definition) is 4. The Bertz CT molecular complexity index is 861. The average molecular weight is 407 g/mol. The second kappa shape index (κ2) is 9.41. The van der Waals surface area contributed by atoms with Gasteiger partial charge in [-0.1, -0.05) is 54.6 Å². The third kappa shape index (κ3) is 4.89. The van der Waals surface area contributed by atoms with E-state index < -0.39 is 6.04 Å². The summed E-state index contributed by atoms with van der Waals surface area (Å²) in [7, 11) is 2.07. The standard InChI is InChI=1S/C24H30N4O2/c1-26-13-15-27(16-14-26)23(29)17-22-24(30)25-11-12-28(22)18-19-7-9-21(10-8-19)20-5-3-2-4-6-20/h2-10,22H,11-18H2,1H3,(H,25,30)/t22-/m0/s1. The van der Waals surface area contributed by atoms with Gasteiger partial charge >= 0.3 is 0 Å². The number of nitrogens with one attached hydrogen (secondary N) is 1. The quantitative estimate of drug-likeness (QED) is 0.823. The number of carbonyl (C=O) groups excluding carboxylic acids is 2. The largest absolute Gasteiger partial charge is 0.353 e. The van der Waals surface area contributed by atoms with Gasteiger partial charge in [-0.15, -0.1) is 0 Å². The zero-order valence-electron chi connectivity index (χ0n) is 17.6. The second-order valence-electron chi connectivity index (χ2n) is 8.23. The number of carbonyl (C=O) groups is 2. The Hall–Kier alpha value is -2.70. The third-order valence-electron chi connectivity index (χ3n) is 6.11. The number of piperazine rings is 2. The van der Waals surface area contributed by atoms with Crippen LogP contribution in [0.3, 0.4) is 0 Å². The molecule has 30 heavy (non-hydrogen) atoms. The molecule has 6 heteroatoms. The van der Waals surface area contributed by atoms with Gasteiger partial charge in [-0.3, -0.25) is 14.5 Å². The van der Waals surface area contributed by atoms with Gasteiger partial charge in [-0.05, 0) is 23.7 Å². The van der Waals surface area contributed by atoms with Crippen LogP contribution < -0.4 is 5.32 Å². The highest BCUT2D eigenvalue weighted by Gasteiger charge is 2.33. The van der Waals surface area contributed by atoms with E-state index in [1.54, 1.807) is 0 Å². The maximum atomic E-state index is 12.8. The molecule has 0 aromatic heterocycles. The Morgan fingerprint density at radius 2 is 1.60 bits per heavy atom. The van der Waals surface area contributed by atoms with Gasteiger partial charge in [0.1, 0.15) is 0 Å². The van der Waals surface area contributed by atoms with E-state index in [4.69, 9.17) is 0 Å². The highest BCUT2D eigenvalue weighted by Crippen LogP contribution is 2.21. The molecule has 6 nitrogen and oxygen atoms in total. The fourth-order valence-electron chi connectivity index (χ4n) is 4.19. The van der Waals surface area contributed by atoms with Crippen molar-refractivity contribution in [2.75, 3.05) is 46.3 Å². The summed E-state index contributed by atoms with van der Waals surface area (Å²) in [6.45, 7) is 5.31. The minimum Gasteiger partial charge on any atom is -0.353 e. The average Bonchev–Trinajstić information content (AvgIpc) is 2.77. The lowest BCUT2D eigenvalue weighted by atomic mass is 10.0. The van der Waals surface area contributed by atoms with Crippen LogP contribution in [0.1, 0.15) is 12.0 Å². The highest BCUT2D eigenvalue weighted by molar-refractivity contribution is 5.89. The number of rotatable bonds is 5. The minimum atomic E-state index is -0.403. The van der Waals surface area contributed by atoms with Crippen molar-refractivity contribution in [3.05, 3.63) is 60.2 Å². The molecule has 0 aliphatic carbocycles. The van der Waals surface area contributed by atoms with E-state index in [1.165, 1.54) is 11.1 Å². The van der Waals surface area contributed by atoms with Crippen LogP contribution in [0.15, 0.2) is 54.6 Å². The topological polar surface area (TPSA) is 55.9 Å². The van der Waals surface area contributed by atoms with Crippen LogP contribution in [0, 0.1) is 0 Å². The van der Waals surface area contributed by atoms with Crippen molar-refractivity contribution in [3.8, 4) is 11.1 Å². The molecule has 158 valence electrons. The number of hydrogen-bond donors (Lipinski definition) is 1. The molecule has 0 spiro atoms. The normalized spacial score (nSPS) is 20.8. The summed E-state index contributed by atoms with van der Waals surface area (Å²) in [5.74, 6) is 0.0409. The lowest BCUT2D eigenvalue weighted by molar-refractivity contribution is -0.140. The maximum absolute atomic E-state index is 12.8. The van der Waals surface area contributed by atoms with Gasteiger partial charge in [0.2, 0.25) is 11.8 Å². The van der Waals surface area contributed by atoms with E-state index in [0.29, 0.717) is 13.1 Å². The number of amides is 2. The Balaban J connectivity index is 1.41. The van der Waals surface area contributed by atoms with E-state index in [-0.39, 0.29) is 18.2 Å². The number of benzene rings is 2. The molecular formula is C24H30N4O2. The lowest BCUT2D eigenvalue weighted by Gasteiger charge is -2.37. The van der Waals surface area contributed by atoms with Gasteiger partial charge in [-0.25, -0.2) is 0 Å². The predicted molar refractivity (Wildman–Crippen MR) is 118 cm³/mol. The summed E-state index contributed by atoms with van der Waals surface area (Å²) in [4.78, 5) is 31.7. The van der Waals surface area contributed by atoms with Crippen molar-refractivity contribution >= 4 is 11.8 Å². The zero-order valence-corrected chi connectivity index (χ0v) is 17.6. The summed E-state index contributed by atoms with van der Waals surface area (Å²) < 4.78 is 0. The highest BCUT2D eigenvalue weighted by atomic mass is 16.2. The SMILES string of the molecule is CN1CCN(C(=O)C[C@H]2C(=O)NCCN2Cc2ccc(-c3ccccc3)cc2)CC1. The van der Waals surface area contributed by atoms with Gasteiger partial charge in [0.05, 0.1) is 12.5 Å². The van der Waals surface area contributed by atoms with E-state index in [9.17, 15) is 9.59 Å². The van der Waals surface area contributed by atoms with Crippen molar-refractivity contribution in [2.45, 2.75) is 19.0 Å². The van der Waals surface area contributed by atoms with Crippen molar-refractivity contribution in [3.63, 3.8) is 0 Å². The van der Waals surface area contributed by atoms with Crippen LogP contribution in [-0.2, 0) is 16.1 Å². The molecule has 0 bridgehead atoms. The molecule has 0 unspecified atom stereocenters. The molecule has 0 radical (unpaired) electrons. The summed E-state index contributed by atoms with van der Waals surface area (Å²) in [6, 6.07) is 18.4. The van der Waals surface area contributed by atoms with Crippen molar-refractivity contribution in [2.24, 2.45) is 0 Å². The van der Waals surface area contributed by atoms with E-state index >= 15 is 0 Å². The summed E-state index contributed by atoms with van der Waals surface area (Å²) in [6.07, 6.45) is 0.248. The lowest BCUT2D eigenvalue weighted by Crippen LogP contribution is -2.57. The second-order valence-corrected chi connectivity index (χ2v) is 8.23. The van der Waals surface area contributed by atoms with Crippen molar-refractivity contribution < 1.29 is 9.59 Å². The molecule has 1 atom stereocenters. The smallest absolute Gasteiger partial charge is 0.237 e. The molecule has 2 heterocycles. The molecule has 1 N–H and O–H groups in total. The molecule has 2 fully saturated rings. The molecule has 2 aromatic rings. The molecule has 2 aliphatic rings. The van der Waals surface area contributed by atoms with Crippen LogP contribution in [0.4, 0.5) is 0 Å². The summed E-state index contributed by atoms with van der Waals surface area (Å²) in [5.41, 5.74) is 3.52. The van der Waals surface area contributed by atoms with Crippen LogP contribution in [0.25, 0.3) is 11.1 Å². The van der Waals surface area contributed by atoms with Crippen LogP contribution in [-0.4, -0.2) is 78.9 Å². The van der Waals surface area contributed by atoms with Crippen LogP contribution in [0.5, 0.6) is 0 Å². The summed E-state index contributed by atoms with van der Waals surface area (Å²) in [5, 5.41) is 2.93. The fraction of sp³-hybridized carbons (Fsp3) is 0.417. The number of nitrogens with zero attached hydrogens (tertiary/aromatic N) is 3. The molecule has 2 aromatic carbocycles. The van der Waals surface area contributed by atoms with Crippen LogP contribution >= 0.6 is 0 Å². The van der Waals surface area contributed by atoms with Gasteiger partial charge < -0.3 is 15.1 Å². The first kappa shape index (κ1) is 20.6. The number of likely N-dealkylation sites (N-methyl/N-ethyl adjacent to an activating group) is 1. The van der Waals surface area contributed by atoms with Gasteiger partial charge in [0.15, 0.2) is 0 Å². The Kier molecular flexibility index (Phi) is 6.45. The zero-order chi connectivity index (χ0) is 20.9. The van der Waals surface area contributed by atoms with Crippen molar-refractivity contribution in [1.82, 2.24) is 20.0 Å². The van der Waals surface area contributed by atoms with Gasteiger partial charge in [-0.2, -0.15) is 0 Å². The van der Waals surface area contributed by atoms with Crippen molar-refractivity contribution in [1.29, 1.82) is 0 Å². The first-order valence-electron chi connectivity index (χ1n) is 10.7. The molecule has 2 amide bonds. The Morgan fingerprint density at radius 1 is 0.933 bits per heavy atom. The third-order valence-corrected chi connectivity index (χ3v) is 6.11. The van der Waals surface area contributed by atoms with E-state index in [2.05, 4.69) is 58.6 Å². The Morgan fingerprint density at radius 3 is 2.30 bits per heavy atom. The van der Waals surface area contributed by atoms with Gasteiger partial charge in [0.25, 0.3) is 0 Å². The monoisotopic (exact) mass is 406 g/mol. The van der Waals surface area contributed by atoms with E-state index in [0.717, 1.165) is 38.3 Å². The molecule has 4 rings (SSSR count). The van der Waals surface area contributed by atoms with Gasteiger partial charge in [0, 0.05) is 45.8 Å². The molecule has 2 saturated heterocycles. The predicted octanol–water partition coefficient (Wildman–Crippen LogP) is 1.82. The summed E-state index contributed by atoms with van der Waals surface area (Å²) >= 11 is 0.